The third-order valence-electron chi connectivity index (χ3n) is 2.52. The predicted molar refractivity (Wildman–Crippen MR) is 70.0 cm³/mol. The van der Waals surface area contributed by atoms with Crippen molar-refractivity contribution in [3.63, 3.8) is 0 Å². The number of nitrogens with zero attached hydrogens (tertiary/aromatic N) is 1. The van der Waals surface area contributed by atoms with Gasteiger partial charge >= 0.3 is 0 Å². The van der Waals surface area contributed by atoms with Crippen LogP contribution >= 0.6 is 15.9 Å². The molecule has 0 fully saturated rings. The van der Waals surface area contributed by atoms with Crippen LogP contribution in [0.1, 0.15) is 22.8 Å². The van der Waals surface area contributed by atoms with Gasteiger partial charge in [-0.15, -0.1) is 0 Å². The number of hydrogen-bond acceptors (Lipinski definition) is 2. The summed E-state index contributed by atoms with van der Waals surface area (Å²) in [5.41, 5.74) is 1.16. The molecule has 94 valence electrons. The van der Waals surface area contributed by atoms with Crippen LogP contribution < -0.4 is 5.32 Å². The van der Waals surface area contributed by atoms with Crippen molar-refractivity contribution in [1.82, 2.24) is 10.2 Å². The number of amides is 1. The van der Waals surface area contributed by atoms with Crippen molar-refractivity contribution in [3.05, 3.63) is 45.8 Å². The second-order valence-electron chi connectivity index (χ2n) is 3.71. The molecular formula is C12H11BrFN3O. The van der Waals surface area contributed by atoms with Crippen LogP contribution in [0.3, 0.4) is 0 Å². The van der Waals surface area contributed by atoms with E-state index in [2.05, 4.69) is 31.4 Å². The number of H-pyrrole nitrogens is 1. The zero-order valence-electron chi connectivity index (χ0n) is 9.63. The quantitative estimate of drug-likeness (QED) is 0.915. The smallest absolute Gasteiger partial charge is 0.256 e. The first-order chi connectivity index (χ1) is 8.61. The Morgan fingerprint density at radius 1 is 1.56 bits per heavy atom. The minimum Gasteiger partial charge on any atom is -0.307 e. The number of benzene rings is 1. The number of aryl methyl sites for hydroxylation is 1. The van der Waals surface area contributed by atoms with Crippen molar-refractivity contribution in [2.45, 2.75) is 13.3 Å². The third-order valence-corrected chi connectivity index (χ3v) is 3.16. The van der Waals surface area contributed by atoms with E-state index in [1.807, 2.05) is 6.92 Å². The highest BCUT2D eigenvalue weighted by atomic mass is 79.9. The van der Waals surface area contributed by atoms with Gasteiger partial charge in [-0.25, -0.2) is 4.39 Å². The third kappa shape index (κ3) is 2.59. The highest BCUT2D eigenvalue weighted by Crippen LogP contribution is 2.18. The summed E-state index contributed by atoms with van der Waals surface area (Å²) < 4.78 is 13.6. The van der Waals surface area contributed by atoms with E-state index in [4.69, 9.17) is 0 Å². The van der Waals surface area contributed by atoms with Gasteiger partial charge in [0.25, 0.3) is 5.91 Å². The van der Waals surface area contributed by atoms with Gasteiger partial charge in [-0.05, 0) is 40.5 Å². The lowest BCUT2D eigenvalue weighted by molar-refractivity contribution is 0.102. The Balaban J connectivity index is 2.19. The Hall–Kier alpha value is -1.69. The number of carbonyl (C=O) groups excluding carboxylic acids is 1. The molecule has 2 N–H and O–H groups in total. The van der Waals surface area contributed by atoms with E-state index in [-0.39, 0.29) is 11.5 Å². The van der Waals surface area contributed by atoms with E-state index >= 15 is 0 Å². The molecule has 0 radical (unpaired) electrons. The highest BCUT2D eigenvalue weighted by molar-refractivity contribution is 9.10. The summed E-state index contributed by atoms with van der Waals surface area (Å²) >= 11 is 3.04. The maximum absolute atomic E-state index is 13.3. The molecule has 18 heavy (non-hydrogen) atoms. The molecule has 0 spiro atoms. The van der Waals surface area contributed by atoms with Crippen LogP contribution in [0.2, 0.25) is 0 Å². The van der Waals surface area contributed by atoms with E-state index < -0.39 is 5.82 Å². The minimum absolute atomic E-state index is 0.257. The number of halogens is 2. The molecule has 0 saturated carbocycles. The molecular weight excluding hydrogens is 301 g/mol. The lowest BCUT2D eigenvalue weighted by atomic mass is 10.2. The summed E-state index contributed by atoms with van der Waals surface area (Å²) in [5.74, 6) is -0.297. The normalized spacial score (nSPS) is 10.4. The van der Waals surface area contributed by atoms with Crippen LogP contribution in [0.25, 0.3) is 0 Å². The number of rotatable bonds is 3. The Labute approximate surface area is 112 Å². The summed E-state index contributed by atoms with van der Waals surface area (Å²) in [4.78, 5) is 11.9. The van der Waals surface area contributed by atoms with E-state index in [1.54, 1.807) is 12.3 Å². The number of hydrogen-bond donors (Lipinski definition) is 2. The summed E-state index contributed by atoms with van der Waals surface area (Å²) in [6.45, 7) is 1.96. The van der Waals surface area contributed by atoms with Crippen LogP contribution in [0, 0.1) is 5.82 Å². The summed E-state index contributed by atoms with van der Waals surface area (Å²) in [7, 11) is 0. The fourth-order valence-electron chi connectivity index (χ4n) is 1.51. The van der Waals surface area contributed by atoms with Gasteiger partial charge in [0, 0.05) is 11.1 Å². The van der Waals surface area contributed by atoms with E-state index in [0.29, 0.717) is 10.3 Å². The monoisotopic (exact) mass is 311 g/mol. The van der Waals surface area contributed by atoms with Crippen molar-refractivity contribution >= 4 is 27.7 Å². The lowest BCUT2D eigenvalue weighted by Crippen LogP contribution is -2.13. The molecule has 4 nitrogen and oxygen atoms in total. The van der Waals surface area contributed by atoms with Gasteiger partial charge in [0.2, 0.25) is 0 Å². The molecule has 6 heteroatoms. The first kappa shape index (κ1) is 12.8. The van der Waals surface area contributed by atoms with Gasteiger partial charge in [-0.1, -0.05) is 6.92 Å². The molecule has 0 aliphatic heterocycles. The van der Waals surface area contributed by atoms with Crippen LogP contribution in [-0.4, -0.2) is 16.1 Å². The average Bonchev–Trinajstić information content (AvgIpc) is 2.79. The molecule has 1 aromatic carbocycles. The van der Waals surface area contributed by atoms with Gasteiger partial charge < -0.3 is 5.32 Å². The van der Waals surface area contributed by atoms with Gasteiger partial charge in [-0.3, -0.25) is 9.89 Å². The first-order valence-corrected chi connectivity index (χ1v) is 6.19. The Bertz CT molecular complexity index is 582. The van der Waals surface area contributed by atoms with Crippen molar-refractivity contribution in [2.75, 3.05) is 5.32 Å². The van der Waals surface area contributed by atoms with Crippen LogP contribution in [0.5, 0.6) is 0 Å². The molecule has 2 rings (SSSR count). The number of aromatic nitrogens is 2. The van der Waals surface area contributed by atoms with Crippen molar-refractivity contribution in [3.8, 4) is 0 Å². The van der Waals surface area contributed by atoms with Gasteiger partial charge in [-0.2, -0.15) is 5.10 Å². The van der Waals surface area contributed by atoms with Crippen molar-refractivity contribution in [1.29, 1.82) is 0 Å². The summed E-state index contributed by atoms with van der Waals surface area (Å²) in [5, 5.41) is 9.21. The maximum Gasteiger partial charge on any atom is 0.256 e. The Kier molecular flexibility index (Phi) is 3.76. The zero-order valence-corrected chi connectivity index (χ0v) is 11.2. The predicted octanol–water partition coefficient (Wildman–Crippen LogP) is 3.13. The molecule has 0 unspecified atom stereocenters. The Morgan fingerprint density at radius 2 is 2.33 bits per heavy atom. The number of nitrogens with one attached hydrogen (secondary N) is 2. The van der Waals surface area contributed by atoms with Gasteiger partial charge in [0.15, 0.2) is 0 Å². The van der Waals surface area contributed by atoms with Gasteiger partial charge in [0.1, 0.15) is 11.6 Å². The average molecular weight is 312 g/mol. The molecule has 1 heterocycles. The molecule has 0 saturated heterocycles. The highest BCUT2D eigenvalue weighted by Gasteiger charge is 2.11. The molecule has 2 aromatic rings. The molecule has 0 aliphatic carbocycles. The van der Waals surface area contributed by atoms with Crippen LogP contribution in [0.4, 0.5) is 10.2 Å². The largest absolute Gasteiger partial charge is 0.307 e. The molecule has 0 aliphatic rings. The van der Waals surface area contributed by atoms with Crippen molar-refractivity contribution in [2.24, 2.45) is 0 Å². The molecule has 1 amide bonds. The standard InChI is InChI=1S/C12H11BrFN3O/c1-2-7-6-15-17-11(7)16-12(18)8-3-4-9(13)10(14)5-8/h3-6H,2H2,1H3,(H2,15,16,17,18). The van der Waals surface area contributed by atoms with Crippen LogP contribution in [0.15, 0.2) is 28.9 Å². The number of carbonyl (C=O) groups is 1. The second kappa shape index (κ2) is 5.30. The van der Waals surface area contributed by atoms with Crippen LogP contribution in [-0.2, 0) is 6.42 Å². The van der Waals surface area contributed by atoms with E-state index in [0.717, 1.165) is 12.0 Å². The number of anilines is 1. The molecule has 0 bridgehead atoms. The van der Waals surface area contributed by atoms with Crippen molar-refractivity contribution < 1.29 is 9.18 Å². The second-order valence-corrected chi connectivity index (χ2v) is 4.56. The maximum atomic E-state index is 13.3. The Morgan fingerprint density at radius 3 is 3.00 bits per heavy atom. The fourth-order valence-corrected chi connectivity index (χ4v) is 1.76. The summed E-state index contributed by atoms with van der Waals surface area (Å²) in [6.07, 6.45) is 2.40. The SMILES string of the molecule is CCc1cn[nH]c1NC(=O)c1ccc(Br)c(F)c1. The van der Waals surface area contributed by atoms with E-state index in [9.17, 15) is 9.18 Å². The minimum atomic E-state index is -0.469. The number of aromatic amines is 1. The first-order valence-electron chi connectivity index (χ1n) is 5.40. The van der Waals surface area contributed by atoms with Gasteiger partial charge in [0.05, 0.1) is 10.7 Å². The molecule has 1 aromatic heterocycles. The molecule has 0 atom stereocenters. The lowest BCUT2D eigenvalue weighted by Gasteiger charge is -2.05. The zero-order chi connectivity index (χ0) is 13.1. The fraction of sp³-hybridized carbons (Fsp3) is 0.167. The van der Waals surface area contributed by atoms with E-state index in [1.165, 1.54) is 12.1 Å². The topological polar surface area (TPSA) is 57.8 Å². The summed E-state index contributed by atoms with van der Waals surface area (Å²) in [6, 6.07) is 4.23.